The maximum absolute atomic E-state index is 13.1. The summed E-state index contributed by atoms with van der Waals surface area (Å²) >= 11 is 5.71. The Kier molecular flexibility index (Phi) is 3.67. The van der Waals surface area contributed by atoms with E-state index >= 15 is 0 Å². The van der Waals surface area contributed by atoms with Crippen LogP contribution in [0.15, 0.2) is 24.4 Å². The average molecular weight is 308 g/mol. The van der Waals surface area contributed by atoms with E-state index in [0.29, 0.717) is 12.1 Å². The maximum atomic E-state index is 13.1. The number of ether oxygens (including phenoxy) is 1. The highest BCUT2D eigenvalue weighted by atomic mass is 35.5. The third kappa shape index (κ3) is 3.08. The highest BCUT2D eigenvalue weighted by Gasteiger charge is 2.34. The zero-order chi connectivity index (χ0) is 14.9. The van der Waals surface area contributed by atoms with Gasteiger partial charge in [-0.2, -0.15) is 18.2 Å². The Bertz CT molecular complexity index is 648. The summed E-state index contributed by atoms with van der Waals surface area (Å²) in [5.74, 6) is -2.07. The van der Waals surface area contributed by atoms with Gasteiger partial charge in [0.1, 0.15) is 16.6 Å². The minimum atomic E-state index is -4.84. The van der Waals surface area contributed by atoms with Crippen LogP contribution < -0.4 is 10.5 Å². The normalized spacial score (nSPS) is 11.4. The molecule has 0 fully saturated rings. The van der Waals surface area contributed by atoms with Crippen molar-refractivity contribution in [2.24, 2.45) is 0 Å². The van der Waals surface area contributed by atoms with Crippen LogP contribution in [-0.4, -0.2) is 9.97 Å². The number of halogens is 5. The van der Waals surface area contributed by atoms with Crippen LogP contribution in [0, 0.1) is 5.82 Å². The molecule has 0 aliphatic rings. The lowest BCUT2D eigenvalue weighted by Crippen LogP contribution is -2.08. The van der Waals surface area contributed by atoms with Gasteiger partial charge in [-0.25, -0.2) is 9.37 Å². The van der Waals surface area contributed by atoms with E-state index in [1.807, 2.05) is 0 Å². The van der Waals surface area contributed by atoms with E-state index in [4.69, 9.17) is 22.1 Å². The van der Waals surface area contributed by atoms with Gasteiger partial charge in [0.15, 0.2) is 0 Å². The molecular formula is C11H6ClF4N3O. The number of nitrogens with two attached hydrogens (primary N) is 1. The Hall–Kier alpha value is -2.09. The van der Waals surface area contributed by atoms with Gasteiger partial charge in [-0.15, -0.1) is 0 Å². The molecule has 1 aromatic carbocycles. The first-order valence-corrected chi connectivity index (χ1v) is 5.48. The van der Waals surface area contributed by atoms with Crippen LogP contribution in [0.25, 0.3) is 0 Å². The summed E-state index contributed by atoms with van der Waals surface area (Å²) in [6.07, 6.45) is -3.70. The zero-order valence-corrected chi connectivity index (χ0v) is 10.3. The second kappa shape index (κ2) is 5.12. The lowest BCUT2D eigenvalue weighted by molar-refractivity contribution is -0.140. The number of nitrogen functional groups attached to an aromatic ring is 1. The summed E-state index contributed by atoms with van der Waals surface area (Å²) in [4.78, 5) is 7.19. The van der Waals surface area contributed by atoms with Gasteiger partial charge in [0.05, 0.1) is 11.8 Å². The van der Waals surface area contributed by atoms with E-state index in [-0.39, 0.29) is 22.6 Å². The summed E-state index contributed by atoms with van der Waals surface area (Å²) < 4.78 is 55.8. The van der Waals surface area contributed by atoms with Crippen molar-refractivity contribution in [3.63, 3.8) is 0 Å². The second-order valence-corrected chi connectivity index (χ2v) is 4.03. The molecule has 0 amide bonds. The van der Waals surface area contributed by atoms with Crippen molar-refractivity contribution in [2.45, 2.75) is 6.18 Å². The number of hydrogen-bond donors (Lipinski definition) is 1. The van der Waals surface area contributed by atoms with Gasteiger partial charge >= 0.3 is 6.18 Å². The van der Waals surface area contributed by atoms with Gasteiger partial charge < -0.3 is 10.5 Å². The smallest absolute Gasteiger partial charge is 0.419 e. The Morgan fingerprint density at radius 1 is 1.25 bits per heavy atom. The highest BCUT2D eigenvalue weighted by molar-refractivity contribution is 6.31. The van der Waals surface area contributed by atoms with Crippen molar-refractivity contribution >= 4 is 17.5 Å². The predicted octanol–water partition coefficient (Wildman–Crippen LogP) is 3.66. The number of hydrogen-bond acceptors (Lipinski definition) is 4. The fourth-order valence-corrected chi connectivity index (χ4v) is 1.46. The van der Waals surface area contributed by atoms with Crippen molar-refractivity contribution in [1.82, 2.24) is 9.97 Å². The van der Waals surface area contributed by atoms with E-state index in [9.17, 15) is 17.6 Å². The van der Waals surface area contributed by atoms with E-state index in [2.05, 4.69) is 9.97 Å². The van der Waals surface area contributed by atoms with Gasteiger partial charge in [0.2, 0.25) is 11.8 Å². The van der Waals surface area contributed by atoms with Crippen LogP contribution in [-0.2, 0) is 6.18 Å². The molecule has 1 aromatic heterocycles. The third-order valence-corrected chi connectivity index (χ3v) is 2.45. The van der Waals surface area contributed by atoms with Crippen molar-refractivity contribution in [1.29, 1.82) is 0 Å². The standard InChI is InChI=1S/C11H6ClF4N3O/c12-7-4-18-10(17)19-9(7)20-5-1-2-8(13)6(3-5)11(14,15)16/h1-4H,(H2,17,18,19). The number of benzene rings is 1. The fourth-order valence-electron chi connectivity index (χ4n) is 1.33. The van der Waals surface area contributed by atoms with Crippen molar-refractivity contribution < 1.29 is 22.3 Å². The topological polar surface area (TPSA) is 61.0 Å². The summed E-state index contributed by atoms with van der Waals surface area (Å²) in [6.45, 7) is 0. The van der Waals surface area contributed by atoms with E-state index in [1.165, 1.54) is 0 Å². The molecule has 4 nitrogen and oxygen atoms in total. The first kappa shape index (κ1) is 14.3. The summed E-state index contributed by atoms with van der Waals surface area (Å²) in [5.41, 5.74) is 3.85. The third-order valence-electron chi connectivity index (χ3n) is 2.19. The zero-order valence-electron chi connectivity index (χ0n) is 9.58. The lowest BCUT2D eigenvalue weighted by atomic mass is 10.2. The molecule has 2 N–H and O–H groups in total. The molecule has 106 valence electrons. The van der Waals surface area contributed by atoms with E-state index < -0.39 is 17.6 Å². The first-order chi connectivity index (χ1) is 9.27. The molecule has 2 aromatic rings. The largest absolute Gasteiger partial charge is 0.437 e. The quantitative estimate of drug-likeness (QED) is 0.860. The summed E-state index contributed by atoms with van der Waals surface area (Å²) in [7, 11) is 0. The number of rotatable bonds is 2. The minimum absolute atomic E-state index is 0.0444. The van der Waals surface area contributed by atoms with Crippen LogP contribution in [0.5, 0.6) is 11.6 Å². The van der Waals surface area contributed by atoms with E-state index in [0.717, 1.165) is 12.3 Å². The average Bonchev–Trinajstić information content (AvgIpc) is 2.35. The van der Waals surface area contributed by atoms with Crippen LogP contribution in [0.2, 0.25) is 5.02 Å². The molecular weight excluding hydrogens is 302 g/mol. The number of anilines is 1. The predicted molar refractivity (Wildman–Crippen MR) is 62.9 cm³/mol. The molecule has 1 heterocycles. The minimum Gasteiger partial charge on any atom is -0.437 e. The molecule has 0 spiro atoms. The summed E-state index contributed by atoms with van der Waals surface area (Å²) in [6, 6.07) is 2.15. The van der Waals surface area contributed by atoms with Crippen molar-refractivity contribution in [3.05, 3.63) is 40.8 Å². The molecule has 0 aliphatic heterocycles. The maximum Gasteiger partial charge on any atom is 0.419 e. The van der Waals surface area contributed by atoms with Crippen LogP contribution in [0.4, 0.5) is 23.5 Å². The van der Waals surface area contributed by atoms with Crippen molar-refractivity contribution in [2.75, 3.05) is 5.73 Å². The molecule has 0 saturated heterocycles. The van der Waals surface area contributed by atoms with Gasteiger partial charge in [0, 0.05) is 0 Å². The molecule has 0 radical (unpaired) electrons. The molecule has 2 rings (SSSR count). The van der Waals surface area contributed by atoms with Gasteiger partial charge in [-0.3, -0.25) is 0 Å². The Morgan fingerprint density at radius 3 is 2.60 bits per heavy atom. The molecule has 0 bridgehead atoms. The second-order valence-electron chi connectivity index (χ2n) is 3.62. The Labute approximate surface area is 115 Å². The molecule has 0 aliphatic carbocycles. The molecule has 0 atom stereocenters. The fraction of sp³-hybridized carbons (Fsp3) is 0.0909. The summed E-state index contributed by atoms with van der Waals surface area (Å²) in [5, 5.41) is -0.0444. The van der Waals surface area contributed by atoms with E-state index in [1.54, 1.807) is 0 Å². The number of alkyl halides is 3. The molecule has 0 saturated carbocycles. The molecule has 20 heavy (non-hydrogen) atoms. The van der Waals surface area contributed by atoms with Crippen LogP contribution >= 0.6 is 11.6 Å². The highest BCUT2D eigenvalue weighted by Crippen LogP contribution is 2.35. The SMILES string of the molecule is Nc1ncc(Cl)c(Oc2ccc(F)c(C(F)(F)F)c2)n1. The monoisotopic (exact) mass is 307 g/mol. The van der Waals surface area contributed by atoms with Crippen LogP contribution in [0.1, 0.15) is 5.56 Å². The first-order valence-electron chi connectivity index (χ1n) is 5.10. The Morgan fingerprint density at radius 2 is 1.95 bits per heavy atom. The van der Waals surface area contributed by atoms with Gasteiger partial charge in [-0.05, 0) is 18.2 Å². The Balaban J connectivity index is 2.37. The number of nitrogens with zero attached hydrogens (tertiary/aromatic N) is 2. The lowest BCUT2D eigenvalue weighted by Gasteiger charge is -2.11. The van der Waals surface area contributed by atoms with Crippen LogP contribution in [0.3, 0.4) is 0 Å². The van der Waals surface area contributed by atoms with Crippen molar-refractivity contribution in [3.8, 4) is 11.6 Å². The van der Waals surface area contributed by atoms with Gasteiger partial charge in [0.25, 0.3) is 0 Å². The molecule has 0 unspecified atom stereocenters. The van der Waals surface area contributed by atoms with Gasteiger partial charge in [-0.1, -0.05) is 11.6 Å². The number of aromatic nitrogens is 2. The molecule has 9 heteroatoms.